The Labute approximate surface area is 409 Å². The number of aldehydes is 1. The van der Waals surface area contributed by atoms with E-state index < -0.39 is 0 Å². The fourth-order valence-electron chi connectivity index (χ4n) is 6.16. The minimum atomic E-state index is -0.139. The van der Waals surface area contributed by atoms with Gasteiger partial charge in [0.15, 0.2) is 0 Å². The predicted molar refractivity (Wildman–Crippen MR) is 264 cm³/mol. The second-order valence-corrected chi connectivity index (χ2v) is 18.4. The minimum Gasteiger partial charge on any atom is -0.488 e. The second kappa shape index (κ2) is 36.3. The maximum atomic E-state index is 10.9. The molecule has 0 heterocycles. The van der Waals surface area contributed by atoms with E-state index in [1.54, 1.807) is 7.11 Å². The van der Waals surface area contributed by atoms with Crippen LogP contribution in [0.5, 0.6) is 5.75 Å². The molecule has 0 N–H and O–H groups in total. The van der Waals surface area contributed by atoms with Crippen molar-refractivity contribution in [3.05, 3.63) is 54.1 Å². The molecule has 68 heavy (non-hydrogen) atoms. The van der Waals surface area contributed by atoms with E-state index in [4.69, 9.17) is 66.3 Å². The zero-order valence-electron chi connectivity index (χ0n) is 44.0. The third-order valence-corrected chi connectivity index (χ3v) is 10.4. The smallest absolute Gasteiger partial charge is 0.150 e. The highest BCUT2D eigenvalue weighted by atomic mass is 16.6. The standard InChI is InChI=1S/C53H90O15/c1-37(24-55-14)56-25-38(2)57-26-39(3)58-27-40(4)59-28-41(5)60-29-42(6)61-30-43(7)62-31-44(8)63-32-45(9)64-33-46(10)65-34-47(11)66-35-48(12)67-36-49(13)68-53-21-19-52(20-22-53)51-17-15-50(23-54)16-18-51/h15-23,37-49H,24-36H2,1-14H3. The van der Waals surface area contributed by atoms with Crippen LogP contribution in [0, 0.1) is 0 Å². The van der Waals surface area contributed by atoms with Gasteiger partial charge < -0.3 is 66.3 Å². The molecule has 0 bridgehead atoms. The number of rotatable bonds is 42. The van der Waals surface area contributed by atoms with Gasteiger partial charge in [-0.1, -0.05) is 36.4 Å². The van der Waals surface area contributed by atoms with Gasteiger partial charge in [-0.25, -0.2) is 0 Å². The van der Waals surface area contributed by atoms with E-state index in [1.165, 1.54) is 0 Å². The van der Waals surface area contributed by atoms with Gasteiger partial charge in [-0.05, 0) is 113 Å². The molecule has 0 radical (unpaired) electrons. The van der Waals surface area contributed by atoms with E-state index in [1.807, 2.05) is 139 Å². The monoisotopic (exact) mass is 967 g/mol. The summed E-state index contributed by atoms with van der Waals surface area (Å²) < 4.78 is 82.5. The Morgan fingerprint density at radius 1 is 0.309 bits per heavy atom. The molecule has 0 aliphatic rings. The summed E-state index contributed by atoms with van der Waals surface area (Å²) >= 11 is 0. The Morgan fingerprint density at radius 2 is 0.515 bits per heavy atom. The molecule has 2 aromatic carbocycles. The van der Waals surface area contributed by atoms with Crippen LogP contribution in [0.15, 0.2) is 48.5 Å². The second-order valence-electron chi connectivity index (χ2n) is 18.4. The lowest BCUT2D eigenvalue weighted by molar-refractivity contribution is -0.114. The summed E-state index contributed by atoms with van der Waals surface area (Å²) in [5.41, 5.74) is 2.75. The van der Waals surface area contributed by atoms with Crippen molar-refractivity contribution in [3.63, 3.8) is 0 Å². The van der Waals surface area contributed by atoms with Gasteiger partial charge in [0.05, 0.1) is 159 Å². The Morgan fingerprint density at radius 3 is 0.735 bits per heavy atom. The van der Waals surface area contributed by atoms with Crippen LogP contribution in [0.25, 0.3) is 11.1 Å². The van der Waals surface area contributed by atoms with Gasteiger partial charge in [0.1, 0.15) is 18.1 Å². The molecule has 0 saturated heterocycles. The topological polar surface area (TPSA) is 146 Å². The molecular formula is C53H90O15. The number of hydrogen-bond acceptors (Lipinski definition) is 15. The fraction of sp³-hybridized carbons (Fsp3) is 0.755. The van der Waals surface area contributed by atoms with Gasteiger partial charge in [-0.3, -0.25) is 4.79 Å². The lowest BCUT2D eigenvalue weighted by Crippen LogP contribution is -2.31. The Balaban J connectivity index is 1.46. The molecule has 13 atom stereocenters. The summed E-state index contributed by atoms with van der Waals surface area (Å²) in [6, 6.07) is 15.4. The van der Waals surface area contributed by atoms with Crippen molar-refractivity contribution in [2.24, 2.45) is 0 Å². The van der Waals surface area contributed by atoms with E-state index in [0.29, 0.717) is 91.5 Å². The molecule has 0 aliphatic carbocycles. The first-order valence-electron chi connectivity index (χ1n) is 24.7. The molecule has 2 aromatic rings. The van der Waals surface area contributed by atoms with Crippen LogP contribution >= 0.6 is 0 Å². The quantitative estimate of drug-likeness (QED) is 0.0586. The molecule has 0 aliphatic heterocycles. The van der Waals surface area contributed by atoms with Gasteiger partial charge in [-0.2, -0.15) is 0 Å². The largest absolute Gasteiger partial charge is 0.488 e. The zero-order valence-corrected chi connectivity index (χ0v) is 44.0. The average Bonchev–Trinajstić information content (AvgIpc) is 3.33. The Kier molecular flexibility index (Phi) is 32.9. The average molecular weight is 967 g/mol. The first kappa shape index (κ1) is 61.5. The molecule has 0 saturated carbocycles. The number of benzene rings is 2. The highest BCUT2D eigenvalue weighted by Gasteiger charge is 2.17. The van der Waals surface area contributed by atoms with Crippen molar-refractivity contribution < 1.29 is 71.1 Å². The van der Waals surface area contributed by atoms with Crippen LogP contribution in [-0.4, -0.2) is 179 Å². The Hall–Kier alpha value is -2.61. The van der Waals surface area contributed by atoms with Crippen molar-refractivity contribution in [2.45, 2.75) is 169 Å². The third-order valence-electron chi connectivity index (χ3n) is 10.4. The summed E-state index contributed by atoms with van der Waals surface area (Å²) in [4.78, 5) is 10.9. The van der Waals surface area contributed by atoms with Crippen LogP contribution < -0.4 is 4.74 Å². The number of carbonyl (C=O) groups excluding carboxylic acids is 1. The molecule has 0 aromatic heterocycles. The van der Waals surface area contributed by atoms with Gasteiger partial charge in [0.2, 0.25) is 0 Å². The van der Waals surface area contributed by atoms with Crippen molar-refractivity contribution >= 4 is 6.29 Å². The zero-order chi connectivity index (χ0) is 50.3. The molecule has 2 rings (SSSR count). The van der Waals surface area contributed by atoms with Crippen LogP contribution in [0.2, 0.25) is 0 Å². The predicted octanol–water partition coefficient (Wildman–Crippen LogP) is 8.44. The van der Waals surface area contributed by atoms with Crippen LogP contribution in [0.4, 0.5) is 0 Å². The lowest BCUT2D eigenvalue weighted by atomic mass is 10.0. The first-order valence-corrected chi connectivity index (χ1v) is 24.7. The fourth-order valence-corrected chi connectivity index (χ4v) is 6.16. The summed E-state index contributed by atoms with van der Waals surface area (Å²) in [5, 5.41) is 0. The molecule has 15 heteroatoms. The van der Waals surface area contributed by atoms with E-state index in [-0.39, 0.29) is 79.4 Å². The maximum absolute atomic E-state index is 10.9. The molecular weight excluding hydrogens is 877 g/mol. The molecule has 13 unspecified atom stereocenters. The normalized spacial score (nSPS) is 17.8. The number of carbonyl (C=O) groups is 1. The summed E-state index contributed by atoms with van der Waals surface area (Å²) in [5.74, 6) is 0.766. The van der Waals surface area contributed by atoms with Crippen molar-refractivity contribution in [1.29, 1.82) is 0 Å². The van der Waals surface area contributed by atoms with Crippen molar-refractivity contribution in [3.8, 4) is 16.9 Å². The van der Waals surface area contributed by atoms with Gasteiger partial charge in [0, 0.05) is 12.7 Å². The SMILES string of the molecule is COCC(C)OCC(C)OCC(C)OCC(C)OCC(C)OCC(C)OCC(C)OCC(C)OCC(C)OCC(C)OCC(C)OCC(C)OCC(C)Oc1ccc(-c2ccc(C=O)cc2)cc1. The molecule has 0 spiro atoms. The molecule has 0 fully saturated rings. The van der Waals surface area contributed by atoms with E-state index in [9.17, 15) is 4.79 Å². The van der Waals surface area contributed by atoms with Crippen LogP contribution in [-0.2, 0) is 61.6 Å². The number of hydrogen-bond donors (Lipinski definition) is 0. The lowest BCUT2D eigenvalue weighted by Gasteiger charge is -2.23. The van der Waals surface area contributed by atoms with Crippen molar-refractivity contribution in [2.75, 3.05) is 93.0 Å². The highest BCUT2D eigenvalue weighted by molar-refractivity contribution is 5.77. The first-order chi connectivity index (χ1) is 32.5. The summed E-state index contributed by atoms with van der Waals surface area (Å²) in [7, 11) is 1.66. The van der Waals surface area contributed by atoms with E-state index in [0.717, 1.165) is 23.2 Å². The molecule has 15 nitrogen and oxygen atoms in total. The Bertz CT molecular complexity index is 1520. The number of methoxy groups -OCH3 is 1. The van der Waals surface area contributed by atoms with Gasteiger partial charge >= 0.3 is 0 Å². The van der Waals surface area contributed by atoms with E-state index in [2.05, 4.69) is 0 Å². The van der Waals surface area contributed by atoms with Gasteiger partial charge in [-0.15, -0.1) is 0 Å². The van der Waals surface area contributed by atoms with E-state index >= 15 is 0 Å². The molecule has 392 valence electrons. The highest BCUT2D eigenvalue weighted by Crippen LogP contribution is 2.23. The van der Waals surface area contributed by atoms with Gasteiger partial charge in [0.25, 0.3) is 0 Å². The van der Waals surface area contributed by atoms with Crippen LogP contribution in [0.3, 0.4) is 0 Å². The summed E-state index contributed by atoms with van der Waals surface area (Å²) in [6.07, 6.45) is -0.265. The summed E-state index contributed by atoms with van der Waals surface area (Å²) in [6.45, 7) is 31.8. The van der Waals surface area contributed by atoms with Crippen LogP contribution in [0.1, 0.15) is 100 Å². The maximum Gasteiger partial charge on any atom is 0.150 e. The number of ether oxygens (including phenoxy) is 14. The third kappa shape index (κ3) is 30.2. The van der Waals surface area contributed by atoms with Crippen molar-refractivity contribution in [1.82, 2.24) is 0 Å². The minimum absolute atomic E-state index is 0.0312. The molecule has 0 amide bonds.